The Labute approximate surface area is 216 Å². The first-order valence-corrected chi connectivity index (χ1v) is 12.4. The van der Waals surface area contributed by atoms with E-state index < -0.39 is 0 Å². The van der Waals surface area contributed by atoms with E-state index in [0.717, 1.165) is 26.9 Å². The van der Waals surface area contributed by atoms with Crippen LogP contribution < -0.4 is 14.8 Å². The van der Waals surface area contributed by atoms with Crippen LogP contribution in [0.5, 0.6) is 11.5 Å². The molecule has 0 saturated carbocycles. The van der Waals surface area contributed by atoms with Crippen molar-refractivity contribution in [3.63, 3.8) is 0 Å². The molecule has 3 aromatic carbocycles. The van der Waals surface area contributed by atoms with Crippen molar-refractivity contribution in [3.8, 4) is 11.5 Å². The number of nitrogens with zero attached hydrogens (tertiary/aromatic N) is 1. The normalized spacial score (nSPS) is 15.6. The summed E-state index contributed by atoms with van der Waals surface area (Å²) < 4.78 is 12.3. The van der Waals surface area contributed by atoms with E-state index in [2.05, 4.69) is 32.3 Å². The Kier molecular flexibility index (Phi) is 7.66. The van der Waals surface area contributed by atoms with Gasteiger partial charge in [-0.1, -0.05) is 63.4 Å². The minimum atomic E-state index is -0.214. The Morgan fingerprint density at radius 3 is 2.68 bits per heavy atom. The number of benzene rings is 3. The van der Waals surface area contributed by atoms with Gasteiger partial charge in [-0.3, -0.25) is 4.79 Å². The Hall–Kier alpha value is -2.74. The molecule has 1 N–H and O–H groups in total. The lowest BCUT2D eigenvalue weighted by molar-refractivity contribution is -0.115. The zero-order valence-electron chi connectivity index (χ0n) is 18.8. The van der Waals surface area contributed by atoms with Crippen molar-refractivity contribution in [2.45, 2.75) is 20.5 Å². The fraction of sp³-hybridized carbons (Fsp3) is 0.154. The number of rotatable bonds is 6. The van der Waals surface area contributed by atoms with Crippen molar-refractivity contribution >= 4 is 62.1 Å². The maximum Gasteiger partial charge on any atom is 0.264 e. The lowest BCUT2D eigenvalue weighted by atomic mass is 10.1. The average molecular weight is 558 g/mol. The van der Waals surface area contributed by atoms with Gasteiger partial charge in [0.15, 0.2) is 16.7 Å². The number of thioether (sulfide) groups is 1. The van der Waals surface area contributed by atoms with Crippen LogP contribution in [0.4, 0.5) is 5.69 Å². The zero-order chi connectivity index (χ0) is 24.2. The molecule has 0 aromatic heterocycles. The van der Waals surface area contributed by atoms with E-state index in [9.17, 15) is 4.79 Å². The van der Waals surface area contributed by atoms with E-state index in [4.69, 9.17) is 21.1 Å². The van der Waals surface area contributed by atoms with Gasteiger partial charge in [-0.2, -0.15) is 0 Å². The number of carbonyl (C=O) groups excluding carboxylic acids is 1. The monoisotopic (exact) mass is 556 g/mol. The molecule has 174 valence electrons. The fourth-order valence-electron chi connectivity index (χ4n) is 3.35. The summed E-state index contributed by atoms with van der Waals surface area (Å²) in [7, 11) is 1.59. The molecule has 0 spiro atoms. The molecule has 1 aliphatic rings. The molecule has 0 aliphatic carbocycles. The number of aliphatic imine (C=N–C) groups is 1. The number of hydrogen-bond donors (Lipinski definition) is 1. The van der Waals surface area contributed by atoms with Gasteiger partial charge in [0.1, 0.15) is 6.61 Å². The zero-order valence-corrected chi connectivity index (χ0v) is 22.0. The molecule has 4 rings (SSSR count). The minimum absolute atomic E-state index is 0.214. The van der Waals surface area contributed by atoms with Gasteiger partial charge < -0.3 is 14.8 Å². The molecule has 8 heteroatoms. The summed E-state index contributed by atoms with van der Waals surface area (Å²) in [5.74, 6) is 0.976. The number of halogens is 2. The molecule has 3 aromatic rings. The number of aryl methyl sites for hydroxylation is 1. The van der Waals surface area contributed by atoms with Crippen molar-refractivity contribution in [1.29, 1.82) is 0 Å². The third-order valence-corrected chi connectivity index (χ3v) is 7.16. The molecule has 1 amide bonds. The van der Waals surface area contributed by atoms with Crippen LogP contribution in [0.2, 0.25) is 5.02 Å². The largest absolute Gasteiger partial charge is 0.493 e. The highest BCUT2D eigenvalue weighted by Crippen LogP contribution is 2.37. The van der Waals surface area contributed by atoms with Gasteiger partial charge in [0, 0.05) is 9.50 Å². The van der Waals surface area contributed by atoms with Crippen molar-refractivity contribution in [3.05, 3.63) is 91.3 Å². The maximum atomic E-state index is 12.6. The summed E-state index contributed by atoms with van der Waals surface area (Å²) >= 11 is 11.1. The van der Waals surface area contributed by atoms with Gasteiger partial charge in [-0.15, -0.1) is 0 Å². The van der Waals surface area contributed by atoms with Gasteiger partial charge in [0.25, 0.3) is 5.91 Å². The Bertz CT molecular complexity index is 1320. The second-order valence-corrected chi connectivity index (χ2v) is 9.96. The Morgan fingerprint density at radius 2 is 1.91 bits per heavy atom. The predicted octanol–water partition coefficient (Wildman–Crippen LogP) is 7.20. The smallest absolute Gasteiger partial charge is 0.264 e. The summed E-state index contributed by atoms with van der Waals surface area (Å²) in [5, 5.41) is 3.95. The molecule has 34 heavy (non-hydrogen) atoms. The highest BCUT2D eigenvalue weighted by Gasteiger charge is 2.25. The number of ether oxygens (including phenoxy) is 2. The SMILES string of the molecule is COc1cc(/C=C2/SC(=Nc3cccc(Cl)c3C)NC2=O)c(Br)cc1OCc1cccc(C)c1. The predicted molar refractivity (Wildman–Crippen MR) is 143 cm³/mol. The van der Waals surface area contributed by atoms with Crippen LogP contribution in [-0.2, 0) is 11.4 Å². The fourth-order valence-corrected chi connectivity index (χ4v) is 4.78. The van der Waals surface area contributed by atoms with Crippen LogP contribution in [0.15, 0.2) is 69.0 Å². The molecular formula is C26H22BrClN2O3S. The van der Waals surface area contributed by atoms with Crippen LogP contribution in [0.1, 0.15) is 22.3 Å². The van der Waals surface area contributed by atoms with E-state index in [1.807, 2.05) is 62.4 Å². The van der Waals surface area contributed by atoms with E-state index in [0.29, 0.717) is 33.2 Å². The second kappa shape index (κ2) is 10.7. The molecule has 0 radical (unpaired) electrons. The number of carbonyl (C=O) groups is 1. The van der Waals surface area contributed by atoms with Gasteiger partial charge in [-0.25, -0.2) is 4.99 Å². The lowest BCUT2D eigenvalue weighted by Crippen LogP contribution is -2.19. The van der Waals surface area contributed by atoms with Crippen LogP contribution >= 0.6 is 39.3 Å². The third kappa shape index (κ3) is 5.66. The second-order valence-electron chi connectivity index (χ2n) is 7.67. The highest BCUT2D eigenvalue weighted by atomic mass is 79.9. The van der Waals surface area contributed by atoms with Crippen molar-refractivity contribution in [2.24, 2.45) is 4.99 Å². The summed E-state index contributed by atoms with van der Waals surface area (Å²) in [6.07, 6.45) is 1.80. The first-order chi connectivity index (χ1) is 16.3. The van der Waals surface area contributed by atoms with Gasteiger partial charge >= 0.3 is 0 Å². The minimum Gasteiger partial charge on any atom is -0.493 e. The topological polar surface area (TPSA) is 59.9 Å². The Morgan fingerprint density at radius 1 is 1.12 bits per heavy atom. The first-order valence-electron chi connectivity index (χ1n) is 10.4. The number of amidine groups is 1. The first kappa shape index (κ1) is 24.4. The van der Waals surface area contributed by atoms with E-state index in [1.54, 1.807) is 13.2 Å². The van der Waals surface area contributed by atoms with E-state index >= 15 is 0 Å². The molecule has 1 saturated heterocycles. The van der Waals surface area contributed by atoms with Crippen molar-refractivity contribution in [1.82, 2.24) is 5.32 Å². The summed E-state index contributed by atoms with van der Waals surface area (Å²) in [5.41, 5.74) is 4.62. The van der Waals surface area contributed by atoms with E-state index in [-0.39, 0.29) is 5.91 Å². The molecule has 1 aliphatic heterocycles. The molecule has 0 unspecified atom stereocenters. The lowest BCUT2D eigenvalue weighted by Gasteiger charge is -2.13. The molecule has 0 atom stereocenters. The molecule has 1 fully saturated rings. The van der Waals surface area contributed by atoms with Crippen LogP contribution in [0.3, 0.4) is 0 Å². The quantitative estimate of drug-likeness (QED) is 0.326. The summed E-state index contributed by atoms with van der Waals surface area (Å²) in [6.45, 7) is 4.37. The van der Waals surface area contributed by atoms with Gasteiger partial charge in [0.2, 0.25) is 0 Å². The maximum absolute atomic E-state index is 12.6. The summed E-state index contributed by atoms with van der Waals surface area (Å²) in [6, 6.07) is 17.4. The Balaban J connectivity index is 1.55. The third-order valence-electron chi connectivity index (χ3n) is 5.16. The summed E-state index contributed by atoms with van der Waals surface area (Å²) in [4.78, 5) is 17.7. The van der Waals surface area contributed by atoms with Crippen molar-refractivity contribution in [2.75, 3.05) is 7.11 Å². The number of nitrogens with one attached hydrogen (secondary N) is 1. The van der Waals surface area contributed by atoms with Crippen molar-refractivity contribution < 1.29 is 14.3 Å². The standard InChI is InChI=1S/C26H22BrClN2O3S/c1-15-6-4-7-17(10-15)14-33-23-13-19(27)18(11-22(23)32-3)12-24-25(31)30-26(34-24)29-21-9-5-8-20(28)16(21)2/h4-13H,14H2,1-3H3,(H,29,30,31)/b24-12+. The molecule has 5 nitrogen and oxygen atoms in total. The number of amides is 1. The average Bonchev–Trinajstić information content (AvgIpc) is 3.15. The van der Waals surface area contributed by atoms with Gasteiger partial charge in [0.05, 0.1) is 17.7 Å². The molecule has 0 bridgehead atoms. The van der Waals surface area contributed by atoms with E-state index in [1.165, 1.54) is 17.3 Å². The van der Waals surface area contributed by atoms with Crippen LogP contribution in [-0.4, -0.2) is 18.2 Å². The molecule has 1 heterocycles. The highest BCUT2D eigenvalue weighted by molar-refractivity contribution is 9.10. The molecular weight excluding hydrogens is 536 g/mol. The van der Waals surface area contributed by atoms with Crippen LogP contribution in [0.25, 0.3) is 6.08 Å². The number of hydrogen-bond acceptors (Lipinski definition) is 5. The van der Waals surface area contributed by atoms with Crippen LogP contribution in [0, 0.1) is 13.8 Å². The number of methoxy groups -OCH3 is 1. The van der Waals surface area contributed by atoms with Gasteiger partial charge in [-0.05, 0) is 72.6 Å².